The fourth-order valence-electron chi connectivity index (χ4n) is 5.10. The van der Waals surface area contributed by atoms with Crippen LogP contribution >= 0.6 is 0 Å². The molecule has 1 aliphatic rings. The maximum atomic E-state index is 13.9. The van der Waals surface area contributed by atoms with Crippen molar-refractivity contribution in [3.63, 3.8) is 0 Å². The monoisotopic (exact) mass is 524 g/mol. The lowest BCUT2D eigenvalue weighted by Gasteiger charge is -2.38. The lowest BCUT2D eigenvalue weighted by Crippen LogP contribution is -2.48. The van der Waals surface area contributed by atoms with Gasteiger partial charge in [0.25, 0.3) is 5.56 Å². The number of fused-ring (bicyclic) bond motifs is 1. The lowest BCUT2D eigenvalue weighted by atomic mass is 10.1. The fraction of sp³-hybridized carbons (Fsp3) is 0.312. The Kier molecular flexibility index (Phi) is 7.98. The van der Waals surface area contributed by atoms with Gasteiger partial charge in [0.05, 0.1) is 33.3 Å². The predicted molar refractivity (Wildman–Crippen MR) is 155 cm³/mol. The molecule has 39 heavy (non-hydrogen) atoms. The molecule has 0 radical (unpaired) electrons. The highest BCUT2D eigenvalue weighted by Crippen LogP contribution is 2.30. The first-order valence-electron chi connectivity index (χ1n) is 13.4. The van der Waals surface area contributed by atoms with Crippen LogP contribution in [0.1, 0.15) is 34.9 Å². The van der Waals surface area contributed by atoms with Gasteiger partial charge in [-0.15, -0.1) is 0 Å². The summed E-state index contributed by atoms with van der Waals surface area (Å²) >= 11 is 0. The third kappa shape index (κ3) is 5.68. The maximum Gasteiger partial charge on any atom is 0.259 e. The van der Waals surface area contributed by atoms with Crippen LogP contribution < -0.4 is 19.9 Å². The van der Waals surface area contributed by atoms with Gasteiger partial charge in [0.15, 0.2) is 11.5 Å². The molecule has 0 saturated heterocycles. The van der Waals surface area contributed by atoms with Crippen LogP contribution in [0.2, 0.25) is 0 Å². The van der Waals surface area contributed by atoms with E-state index < -0.39 is 0 Å². The largest absolute Gasteiger partial charge is 0.493 e. The molecule has 0 unspecified atom stereocenters. The number of hydrogen-bond donors (Lipinski definition) is 0. The Balaban J connectivity index is 1.48. The second kappa shape index (κ2) is 11.7. The van der Waals surface area contributed by atoms with Crippen LogP contribution in [-0.4, -0.2) is 41.9 Å². The second-order valence-electron chi connectivity index (χ2n) is 9.94. The zero-order valence-electron chi connectivity index (χ0n) is 23.2. The highest BCUT2D eigenvalue weighted by molar-refractivity contribution is 5.59. The molecule has 1 aromatic heterocycles. The Morgan fingerprint density at radius 2 is 1.56 bits per heavy atom. The third-order valence-corrected chi connectivity index (χ3v) is 7.42. The van der Waals surface area contributed by atoms with Crippen LogP contribution in [0.25, 0.3) is 0 Å². The van der Waals surface area contributed by atoms with E-state index >= 15 is 0 Å². The van der Waals surface area contributed by atoms with E-state index in [0.29, 0.717) is 31.5 Å². The Morgan fingerprint density at radius 1 is 0.846 bits per heavy atom. The van der Waals surface area contributed by atoms with E-state index in [0.717, 1.165) is 53.2 Å². The van der Waals surface area contributed by atoms with Gasteiger partial charge < -0.3 is 9.47 Å². The minimum Gasteiger partial charge on any atom is -0.493 e. The molecular weight excluding hydrogens is 488 g/mol. The molecular formula is C32H36N4O3. The molecule has 2 heterocycles. The normalized spacial score (nSPS) is 13.3. The van der Waals surface area contributed by atoms with Gasteiger partial charge in [0, 0.05) is 24.2 Å². The van der Waals surface area contributed by atoms with Gasteiger partial charge in [-0.3, -0.25) is 19.2 Å². The van der Waals surface area contributed by atoms with Crippen LogP contribution in [0.3, 0.4) is 0 Å². The number of aromatic nitrogens is 2. The molecule has 0 fully saturated rings. The number of anilines is 2. The zero-order valence-corrected chi connectivity index (χ0v) is 23.2. The van der Waals surface area contributed by atoms with Crippen molar-refractivity contribution in [1.29, 1.82) is 0 Å². The molecule has 4 aromatic rings. The summed E-state index contributed by atoms with van der Waals surface area (Å²) < 4.78 is 12.7. The summed E-state index contributed by atoms with van der Waals surface area (Å²) in [7, 11) is 3.29. The Labute approximate surface area is 230 Å². The molecule has 0 bridgehead atoms. The summed E-state index contributed by atoms with van der Waals surface area (Å²) in [5.74, 6) is 2.13. The number of ether oxygens (including phenoxy) is 2. The number of hydrogen-bond acceptors (Lipinski definition) is 6. The maximum absolute atomic E-state index is 13.9. The van der Waals surface area contributed by atoms with Crippen molar-refractivity contribution in [3.8, 4) is 11.5 Å². The zero-order chi connectivity index (χ0) is 27.4. The smallest absolute Gasteiger partial charge is 0.259 e. The van der Waals surface area contributed by atoms with Gasteiger partial charge in [-0.1, -0.05) is 55.5 Å². The number of benzene rings is 3. The number of nitrogens with zero attached hydrogens (tertiary/aromatic N) is 4. The summed E-state index contributed by atoms with van der Waals surface area (Å²) in [5, 5.41) is 0. The SMILES string of the molecule is CCc1ccc(N2CN(CCc3ccc(OC)c(OC)c3)Cn3c2nc(C)c(Cc2ccccc2)c3=O)cc1. The third-order valence-electron chi connectivity index (χ3n) is 7.42. The molecule has 0 spiro atoms. The molecule has 202 valence electrons. The number of aryl methyl sites for hydroxylation is 2. The van der Waals surface area contributed by atoms with Crippen molar-refractivity contribution < 1.29 is 9.47 Å². The molecule has 0 atom stereocenters. The molecule has 0 amide bonds. The number of rotatable bonds is 9. The lowest BCUT2D eigenvalue weighted by molar-refractivity contribution is 0.200. The topological polar surface area (TPSA) is 59.8 Å². The van der Waals surface area contributed by atoms with Crippen LogP contribution in [0.15, 0.2) is 77.6 Å². The Hall–Kier alpha value is -4.10. The van der Waals surface area contributed by atoms with Crippen LogP contribution in [0, 0.1) is 6.92 Å². The Bertz CT molecular complexity index is 1480. The predicted octanol–water partition coefficient (Wildman–Crippen LogP) is 5.33. The molecule has 0 N–H and O–H groups in total. The molecule has 3 aromatic carbocycles. The van der Waals surface area contributed by atoms with Crippen LogP contribution in [0.5, 0.6) is 11.5 Å². The van der Waals surface area contributed by atoms with Crippen LogP contribution in [0.4, 0.5) is 11.6 Å². The van der Waals surface area contributed by atoms with Gasteiger partial charge >= 0.3 is 0 Å². The van der Waals surface area contributed by atoms with E-state index in [-0.39, 0.29) is 5.56 Å². The molecule has 5 rings (SSSR count). The Morgan fingerprint density at radius 3 is 2.26 bits per heavy atom. The van der Waals surface area contributed by atoms with E-state index in [4.69, 9.17) is 14.5 Å². The summed E-state index contributed by atoms with van der Waals surface area (Å²) in [4.78, 5) is 23.4. The van der Waals surface area contributed by atoms with E-state index in [9.17, 15) is 4.79 Å². The minimum atomic E-state index is 0.0207. The summed E-state index contributed by atoms with van der Waals surface area (Å²) in [6, 6.07) is 24.7. The molecule has 0 aliphatic carbocycles. The van der Waals surface area contributed by atoms with Crippen molar-refractivity contribution in [2.24, 2.45) is 0 Å². The van der Waals surface area contributed by atoms with E-state index in [2.05, 4.69) is 59.2 Å². The standard InChI is InChI=1S/C32H36N4O3/c1-5-24-11-14-27(15-12-24)35-21-34(18-17-26-13-16-29(38-3)30(20-26)39-4)22-36-31(37)28(23(2)33-32(35)36)19-25-9-7-6-8-10-25/h6-16,20H,5,17-19,21-22H2,1-4H3. The quantitative estimate of drug-likeness (QED) is 0.295. The van der Waals surface area contributed by atoms with E-state index in [1.807, 2.05) is 41.8 Å². The second-order valence-corrected chi connectivity index (χ2v) is 9.94. The average Bonchev–Trinajstić information content (AvgIpc) is 2.98. The first kappa shape index (κ1) is 26.5. The van der Waals surface area contributed by atoms with Gasteiger partial charge in [0.1, 0.15) is 0 Å². The van der Waals surface area contributed by atoms with Crippen molar-refractivity contribution in [1.82, 2.24) is 14.5 Å². The molecule has 7 heteroatoms. The van der Waals surface area contributed by atoms with Crippen LogP contribution in [-0.2, 0) is 25.9 Å². The van der Waals surface area contributed by atoms with Gasteiger partial charge in [-0.25, -0.2) is 4.98 Å². The minimum absolute atomic E-state index is 0.0207. The first-order chi connectivity index (χ1) is 19.0. The van der Waals surface area contributed by atoms with Crippen molar-refractivity contribution >= 4 is 11.6 Å². The van der Waals surface area contributed by atoms with E-state index in [1.165, 1.54) is 5.56 Å². The highest BCUT2D eigenvalue weighted by atomic mass is 16.5. The first-order valence-corrected chi connectivity index (χ1v) is 13.4. The fourth-order valence-corrected chi connectivity index (χ4v) is 5.10. The molecule has 0 saturated carbocycles. The summed E-state index contributed by atoms with van der Waals surface area (Å²) in [5.41, 5.74) is 6.11. The van der Waals surface area contributed by atoms with Crippen molar-refractivity contribution in [2.45, 2.75) is 39.8 Å². The van der Waals surface area contributed by atoms with Gasteiger partial charge in [-0.05, 0) is 60.7 Å². The van der Waals surface area contributed by atoms with Crippen molar-refractivity contribution in [2.75, 3.05) is 32.3 Å². The molecule has 7 nitrogen and oxygen atoms in total. The van der Waals surface area contributed by atoms with Gasteiger partial charge in [-0.2, -0.15) is 0 Å². The van der Waals surface area contributed by atoms with Crippen molar-refractivity contribution in [3.05, 3.63) is 111 Å². The molecule has 1 aliphatic heterocycles. The highest BCUT2D eigenvalue weighted by Gasteiger charge is 2.28. The summed E-state index contributed by atoms with van der Waals surface area (Å²) in [6.45, 7) is 6.00. The summed E-state index contributed by atoms with van der Waals surface area (Å²) in [6.07, 6.45) is 2.35. The van der Waals surface area contributed by atoms with E-state index in [1.54, 1.807) is 14.2 Å². The van der Waals surface area contributed by atoms with Gasteiger partial charge in [0.2, 0.25) is 5.95 Å². The number of methoxy groups -OCH3 is 2. The average molecular weight is 525 g/mol.